The molecule has 0 aliphatic heterocycles. The van der Waals surface area contributed by atoms with Crippen molar-refractivity contribution in [2.24, 2.45) is 5.92 Å². The van der Waals surface area contributed by atoms with Crippen molar-refractivity contribution in [2.45, 2.75) is 45.2 Å². The second-order valence-electron chi connectivity index (χ2n) is 5.66. The van der Waals surface area contributed by atoms with Crippen molar-refractivity contribution in [3.8, 4) is 0 Å². The fourth-order valence-corrected chi connectivity index (χ4v) is 2.82. The third-order valence-corrected chi connectivity index (χ3v) is 3.73. The molecule has 2 unspecified atom stereocenters. The predicted octanol–water partition coefficient (Wildman–Crippen LogP) is 2.85. The highest BCUT2D eigenvalue weighted by molar-refractivity contribution is 5.75. The van der Waals surface area contributed by atoms with Gasteiger partial charge in [0.2, 0.25) is 0 Å². The summed E-state index contributed by atoms with van der Waals surface area (Å²) in [5.74, 6) is 0.311. The van der Waals surface area contributed by atoms with Crippen molar-refractivity contribution in [1.29, 1.82) is 0 Å². The molecular weight excluding hydrogens is 238 g/mol. The van der Waals surface area contributed by atoms with Gasteiger partial charge >= 0.3 is 5.97 Å². The van der Waals surface area contributed by atoms with Crippen molar-refractivity contribution in [2.75, 3.05) is 7.11 Å². The van der Waals surface area contributed by atoms with Gasteiger partial charge in [0.1, 0.15) is 6.04 Å². The number of carbonyl (C=O) groups is 1. The molecule has 1 aromatic carbocycles. The van der Waals surface area contributed by atoms with Crippen LogP contribution in [0, 0.1) is 5.92 Å². The highest BCUT2D eigenvalue weighted by Gasteiger charge is 2.28. The van der Waals surface area contributed by atoms with Gasteiger partial charge in [-0.15, -0.1) is 0 Å². The number of methoxy groups -OCH3 is 1. The van der Waals surface area contributed by atoms with E-state index in [1.54, 1.807) is 0 Å². The smallest absolute Gasteiger partial charge is 0.322 e. The summed E-state index contributed by atoms with van der Waals surface area (Å²) in [5.41, 5.74) is 2.73. The van der Waals surface area contributed by atoms with Crippen molar-refractivity contribution >= 4 is 5.97 Å². The van der Waals surface area contributed by atoms with Gasteiger partial charge in [0, 0.05) is 6.04 Å². The summed E-state index contributed by atoms with van der Waals surface area (Å²) in [6, 6.07) is 8.54. The fourth-order valence-electron chi connectivity index (χ4n) is 2.82. The molecule has 19 heavy (non-hydrogen) atoms. The minimum Gasteiger partial charge on any atom is -0.468 e. The minimum atomic E-state index is -0.207. The van der Waals surface area contributed by atoms with Crippen LogP contribution < -0.4 is 5.32 Å². The largest absolute Gasteiger partial charge is 0.468 e. The SMILES string of the molecule is COC(=O)C(CC(C)C)NC1CCc2ccccc21. The number of hydrogen-bond donors (Lipinski definition) is 1. The molecule has 1 aromatic rings. The summed E-state index contributed by atoms with van der Waals surface area (Å²) >= 11 is 0. The maximum absolute atomic E-state index is 11.9. The van der Waals surface area contributed by atoms with E-state index in [9.17, 15) is 4.79 Å². The van der Waals surface area contributed by atoms with Gasteiger partial charge < -0.3 is 4.74 Å². The van der Waals surface area contributed by atoms with Crippen LogP contribution in [0.5, 0.6) is 0 Å². The van der Waals surface area contributed by atoms with Crippen LogP contribution in [-0.2, 0) is 16.0 Å². The first-order valence-corrected chi connectivity index (χ1v) is 7.03. The third-order valence-electron chi connectivity index (χ3n) is 3.73. The Morgan fingerprint density at radius 1 is 1.42 bits per heavy atom. The van der Waals surface area contributed by atoms with Crippen LogP contribution in [0.3, 0.4) is 0 Å². The zero-order valence-corrected chi connectivity index (χ0v) is 12.0. The molecule has 0 bridgehead atoms. The number of hydrogen-bond acceptors (Lipinski definition) is 3. The molecule has 1 N–H and O–H groups in total. The quantitative estimate of drug-likeness (QED) is 0.828. The number of rotatable bonds is 5. The van der Waals surface area contributed by atoms with E-state index < -0.39 is 0 Å². The lowest BCUT2D eigenvalue weighted by atomic mass is 10.0. The topological polar surface area (TPSA) is 38.3 Å². The van der Waals surface area contributed by atoms with Crippen LogP contribution in [0.15, 0.2) is 24.3 Å². The van der Waals surface area contributed by atoms with Crippen LogP contribution in [-0.4, -0.2) is 19.1 Å². The monoisotopic (exact) mass is 261 g/mol. The summed E-state index contributed by atoms with van der Waals surface area (Å²) in [4.78, 5) is 11.9. The van der Waals surface area contributed by atoms with Gasteiger partial charge in [-0.1, -0.05) is 38.1 Å². The first-order chi connectivity index (χ1) is 9.11. The zero-order chi connectivity index (χ0) is 13.8. The molecule has 0 heterocycles. The number of aryl methyl sites for hydroxylation is 1. The Hall–Kier alpha value is -1.35. The lowest BCUT2D eigenvalue weighted by Crippen LogP contribution is -2.40. The van der Waals surface area contributed by atoms with Crippen LogP contribution in [0.4, 0.5) is 0 Å². The van der Waals surface area contributed by atoms with Crippen LogP contribution in [0.25, 0.3) is 0 Å². The Kier molecular flexibility index (Phi) is 4.59. The standard InChI is InChI=1S/C16H23NO2/c1-11(2)10-15(16(18)19-3)17-14-9-8-12-6-4-5-7-13(12)14/h4-7,11,14-15,17H,8-10H2,1-3H3. The maximum Gasteiger partial charge on any atom is 0.322 e. The van der Waals surface area contributed by atoms with Crippen molar-refractivity contribution in [3.63, 3.8) is 0 Å². The van der Waals surface area contributed by atoms with E-state index in [1.165, 1.54) is 18.2 Å². The molecule has 0 radical (unpaired) electrons. The van der Waals surface area contributed by atoms with Crippen LogP contribution >= 0.6 is 0 Å². The van der Waals surface area contributed by atoms with E-state index in [4.69, 9.17) is 4.74 Å². The summed E-state index contributed by atoms with van der Waals surface area (Å²) in [7, 11) is 1.46. The Labute approximate surface area is 115 Å². The van der Waals surface area contributed by atoms with Crippen molar-refractivity contribution in [1.82, 2.24) is 5.32 Å². The molecule has 1 aliphatic carbocycles. The highest BCUT2D eigenvalue weighted by atomic mass is 16.5. The summed E-state index contributed by atoms with van der Waals surface area (Å²) in [6.45, 7) is 4.25. The Bertz CT molecular complexity index is 442. The highest BCUT2D eigenvalue weighted by Crippen LogP contribution is 2.31. The van der Waals surface area contributed by atoms with E-state index in [-0.39, 0.29) is 18.1 Å². The minimum absolute atomic E-state index is 0.155. The summed E-state index contributed by atoms with van der Waals surface area (Å²) < 4.78 is 4.91. The Morgan fingerprint density at radius 2 is 2.16 bits per heavy atom. The number of carbonyl (C=O) groups excluding carboxylic acids is 1. The van der Waals surface area contributed by atoms with E-state index in [0.29, 0.717) is 5.92 Å². The molecular formula is C16H23NO2. The van der Waals surface area contributed by atoms with Gasteiger partial charge in [-0.3, -0.25) is 10.1 Å². The van der Waals surface area contributed by atoms with E-state index in [0.717, 1.165) is 19.3 Å². The van der Waals surface area contributed by atoms with E-state index in [2.05, 4.69) is 43.4 Å². The average molecular weight is 261 g/mol. The van der Waals surface area contributed by atoms with Gasteiger partial charge in [-0.25, -0.2) is 0 Å². The van der Waals surface area contributed by atoms with Gasteiger partial charge in [-0.2, -0.15) is 0 Å². The van der Waals surface area contributed by atoms with E-state index in [1.807, 2.05) is 0 Å². The number of benzene rings is 1. The molecule has 0 spiro atoms. The number of fused-ring (bicyclic) bond motifs is 1. The third kappa shape index (κ3) is 3.35. The van der Waals surface area contributed by atoms with Crippen LogP contribution in [0.1, 0.15) is 43.9 Å². The average Bonchev–Trinajstić information content (AvgIpc) is 2.80. The number of esters is 1. The first kappa shape index (κ1) is 14.1. The molecule has 1 aliphatic rings. The maximum atomic E-state index is 11.9. The molecule has 2 atom stereocenters. The predicted molar refractivity (Wildman–Crippen MR) is 75.9 cm³/mol. The zero-order valence-electron chi connectivity index (χ0n) is 12.0. The molecule has 2 rings (SSSR count). The summed E-state index contributed by atoms with van der Waals surface area (Å²) in [6.07, 6.45) is 2.96. The van der Waals surface area contributed by atoms with Crippen molar-refractivity contribution in [3.05, 3.63) is 35.4 Å². The first-order valence-electron chi connectivity index (χ1n) is 7.03. The van der Waals surface area contributed by atoms with E-state index >= 15 is 0 Å². The lowest BCUT2D eigenvalue weighted by molar-refractivity contribution is -0.143. The van der Waals surface area contributed by atoms with Gasteiger partial charge in [-0.05, 0) is 36.3 Å². The molecule has 3 nitrogen and oxygen atoms in total. The van der Waals surface area contributed by atoms with Crippen molar-refractivity contribution < 1.29 is 9.53 Å². The lowest BCUT2D eigenvalue weighted by Gasteiger charge is -2.23. The Balaban J connectivity index is 2.08. The van der Waals surface area contributed by atoms with Gasteiger partial charge in [0.15, 0.2) is 0 Å². The number of ether oxygens (including phenoxy) is 1. The van der Waals surface area contributed by atoms with Gasteiger partial charge in [0.05, 0.1) is 7.11 Å². The molecule has 0 saturated carbocycles. The normalized spacial score (nSPS) is 19.3. The molecule has 0 aromatic heterocycles. The number of nitrogens with one attached hydrogen (secondary N) is 1. The second kappa shape index (κ2) is 6.20. The molecule has 3 heteroatoms. The molecule has 0 saturated heterocycles. The summed E-state index contributed by atoms with van der Waals surface area (Å²) in [5, 5.41) is 3.48. The molecule has 0 fully saturated rings. The van der Waals surface area contributed by atoms with Crippen LogP contribution in [0.2, 0.25) is 0 Å². The van der Waals surface area contributed by atoms with Gasteiger partial charge in [0.25, 0.3) is 0 Å². The molecule has 104 valence electrons. The Morgan fingerprint density at radius 3 is 2.84 bits per heavy atom. The fraction of sp³-hybridized carbons (Fsp3) is 0.562. The molecule has 0 amide bonds. The second-order valence-corrected chi connectivity index (χ2v) is 5.66.